The number of para-hydroxylation sites is 1. The molecule has 1 unspecified atom stereocenters. The zero-order valence-corrected chi connectivity index (χ0v) is 18.5. The van der Waals surface area contributed by atoms with Gasteiger partial charge in [0.2, 0.25) is 6.17 Å². The molecular formula is C20H17BrClN5O4. The maximum absolute atomic E-state index is 12.8. The van der Waals surface area contributed by atoms with E-state index < -0.39 is 29.6 Å². The number of carboxylic acids is 1. The first kappa shape index (κ1) is 22.3. The molecule has 9 nitrogen and oxygen atoms in total. The van der Waals surface area contributed by atoms with Gasteiger partial charge >= 0.3 is 5.97 Å². The number of aromatic carboxylic acids is 1. The number of hydrogen-bond acceptors (Lipinski definition) is 5. The lowest BCUT2D eigenvalue weighted by Crippen LogP contribution is -2.40. The number of benzene rings is 2. The van der Waals surface area contributed by atoms with Gasteiger partial charge < -0.3 is 21.1 Å². The molecule has 31 heavy (non-hydrogen) atoms. The second-order valence-corrected chi connectivity index (χ2v) is 7.62. The molecular weight excluding hydrogens is 490 g/mol. The molecule has 3 aromatic rings. The van der Waals surface area contributed by atoms with Gasteiger partial charge in [-0.15, -0.1) is 0 Å². The van der Waals surface area contributed by atoms with E-state index in [4.69, 9.17) is 17.3 Å². The van der Waals surface area contributed by atoms with Crippen molar-refractivity contribution in [2.24, 2.45) is 5.73 Å². The molecule has 0 aliphatic heterocycles. The highest BCUT2D eigenvalue weighted by Crippen LogP contribution is 2.32. The Hall–Kier alpha value is -3.37. The molecule has 0 aliphatic rings. The molecule has 1 heterocycles. The molecule has 0 bridgehead atoms. The van der Waals surface area contributed by atoms with Crippen molar-refractivity contribution in [3.8, 4) is 0 Å². The van der Waals surface area contributed by atoms with Crippen molar-refractivity contribution in [2.45, 2.75) is 6.17 Å². The highest BCUT2D eigenvalue weighted by atomic mass is 79.9. The van der Waals surface area contributed by atoms with Crippen LogP contribution in [-0.4, -0.2) is 39.7 Å². The molecule has 1 aromatic heterocycles. The topological polar surface area (TPSA) is 131 Å². The molecule has 4 N–H and O–H groups in total. The summed E-state index contributed by atoms with van der Waals surface area (Å²) in [7, 11) is 1.60. The highest BCUT2D eigenvalue weighted by Gasteiger charge is 2.32. The first-order valence-electron chi connectivity index (χ1n) is 8.86. The van der Waals surface area contributed by atoms with E-state index in [9.17, 15) is 19.5 Å². The van der Waals surface area contributed by atoms with Gasteiger partial charge in [-0.25, -0.2) is 9.48 Å². The zero-order valence-electron chi connectivity index (χ0n) is 16.1. The molecule has 1 atom stereocenters. The summed E-state index contributed by atoms with van der Waals surface area (Å²) in [6, 6.07) is 15.2. The standard InChI is InChI=1S/C20H17BrClN5O4/c1-26(11-7-3-2-4-8-11)19(16(23)28)27-17(14(21)15(25-27)20(30)31)24-18(29)12-9-5-6-10-13(12)22/h2-10,19H,1H3,(H2,23,28)(H,24,29)(H,30,31). The minimum Gasteiger partial charge on any atom is -0.476 e. The summed E-state index contributed by atoms with van der Waals surface area (Å²) in [5.41, 5.74) is 6.02. The SMILES string of the molecule is CN(c1ccccc1)C(C(N)=O)n1nc(C(=O)O)c(Br)c1NC(=O)c1ccccc1Cl. The monoisotopic (exact) mass is 505 g/mol. The fourth-order valence-electron chi connectivity index (χ4n) is 2.94. The van der Waals surface area contributed by atoms with E-state index in [0.29, 0.717) is 5.69 Å². The van der Waals surface area contributed by atoms with E-state index >= 15 is 0 Å². The van der Waals surface area contributed by atoms with Crippen molar-refractivity contribution in [1.29, 1.82) is 0 Å². The maximum Gasteiger partial charge on any atom is 0.357 e. The summed E-state index contributed by atoms with van der Waals surface area (Å²) in [4.78, 5) is 38.4. The third-order valence-electron chi connectivity index (χ3n) is 4.42. The molecule has 0 saturated carbocycles. The van der Waals surface area contributed by atoms with E-state index in [1.807, 2.05) is 0 Å². The molecule has 2 amide bonds. The summed E-state index contributed by atoms with van der Waals surface area (Å²) in [5, 5.41) is 16.3. The summed E-state index contributed by atoms with van der Waals surface area (Å²) >= 11 is 9.26. The van der Waals surface area contributed by atoms with Crippen LogP contribution < -0.4 is 16.0 Å². The minimum atomic E-state index is -1.36. The molecule has 0 aliphatic carbocycles. The predicted octanol–water partition coefficient (Wildman–Crippen LogP) is 3.37. The van der Waals surface area contributed by atoms with Crippen LogP contribution >= 0.6 is 27.5 Å². The number of nitrogens with one attached hydrogen (secondary N) is 1. The molecule has 160 valence electrons. The van der Waals surface area contributed by atoms with Gasteiger partial charge in [0, 0.05) is 12.7 Å². The number of likely N-dealkylation sites (N-methyl/N-ethyl adjacent to an activating group) is 1. The predicted molar refractivity (Wildman–Crippen MR) is 119 cm³/mol. The molecule has 2 aromatic carbocycles. The first-order chi connectivity index (χ1) is 14.7. The fourth-order valence-corrected chi connectivity index (χ4v) is 3.69. The summed E-state index contributed by atoms with van der Waals surface area (Å²) in [6.45, 7) is 0. The van der Waals surface area contributed by atoms with Crippen LogP contribution in [-0.2, 0) is 4.79 Å². The van der Waals surface area contributed by atoms with Crippen LogP contribution in [0.4, 0.5) is 11.5 Å². The summed E-state index contributed by atoms with van der Waals surface area (Å²) in [6.07, 6.45) is -1.24. The Kier molecular flexibility index (Phi) is 6.62. The van der Waals surface area contributed by atoms with Crippen LogP contribution in [0.3, 0.4) is 0 Å². The number of primary amides is 1. The number of hydrogen-bond donors (Lipinski definition) is 3. The average Bonchev–Trinajstić information content (AvgIpc) is 3.05. The maximum atomic E-state index is 12.8. The van der Waals surface area contributed by atoms with Gasteiger partial charge in [0.25, 0.3) is 11.8 Å². The van der Waals surface area contributed by atoms with E-state index in [1.165, 1.54) is 11.0 Å². The Labute approximate surface area is 190 Å². The van der Waals surface area contributed by atoms with Crippen LogP contribution in [0.1, 0.15) is 27.0 Å². The molecule has 0 radical (unpaired) electrons. The number of anilines is 2. The molecule has 11 heteroatoms. The number of nitrogens with zero attached hydrogens (tertiary/aromatic N) is 3. The smallest absolute Gasteiger partial charge is 0.357 e. The third-order valence-corrected chi connectivity index (χ3v) is 5.50. The number of carbonyl (C=O) groups excluding carboxylic acids is 2. The second kappa shape index (κ2) is 9.19. The van der Waals surface area contributed by atoms with Crippen molar-refractivity contribution in [3.63, 3.8) is 0 Å². The quantitative estimate of drug-likeness (QED) is 0.450. The number of aromatic nitrogens is 2. The minimum absolute atomic E-state index is 0.0203. The van der Waals surface area contributed by atoms with Gasteiger partial charge in [-0.2, -0.15) is 5.10 Å². The van der Waals surface area contributed by atoms with Crippen molar-refractivity contribution >= 4 is 56.8 Å². The van der Waals surface area contributed by atoms with E-state index in [2.05, 4.69) is 26.3 Å². The second-order valence-electron chi connectivity index (χ2n) is 6.42. The highest BCUT2D eigenvalue weighted by molar-refractivity contribution is 9.10. The molecule has 3 rings (SSSR count). The Morgan fingerprint density at radius 3 is 2.35 bits per heavy atom. The Morgan fingerprint density at radius 1 is 1.16 bits per heavy atom. The lowest BCUT2D eigenvalue weighted by molar-refractivity contribution is -0.121. The zero-order chi connectivity index (χ0) is 22.7. The normalized spacial score (nSPS) is 11.6. The van der Waals surface area contributed by atoms with Crippen molar-refractivity contribution in [1.82, 2.24) is 9.78 Å². The van der Waals surface area contributed by atoms with Crippen LogP contribution in [0, 0.1) is 0 Å². The molecule has 0 saturated heterocycles. The van der Waals surface area contributed by atoms with Crippen LogP contribution in [0.5, 0.6) is 0 Å². The lowest BCUT2D eigenvalue weighted by atomic mass is 10.2. The van der Waals surface area contributed by atoms with Crippen molar-refractivity contribution < 1.29 is 19.5 Å². The van der Waals surface area contributed by atoms with Gasteiger partial charge in [0.15, 0.2) is 5.69 Å². The number of carbonyl (C=O) groups is 3. The fraction of sp³-hybridized carbons (Fsp3) is 0.100. The van der Waals surface area contributed by atoms with E-state index in [1.54, 1.807) is 55.6 Å². The first-order valence-corrected chi connectivity index (χ1v) is 10.0. The number of nitrogens with two attached hydrogens (primary N) is 1. The van der Waals surface area contributed by atoms with Crippen molar-refractivity contribution in [2.75, 3.05) is 17.3 Å². The van der Waals surface area contributed by atoms with Gasteiger partial charge in [-0.1, -0.05) is 41.9 Å². The average molecular weight is 507 g/mol. The Morgan fingerprint density at radius 2 is 1.77 bits per heavy atom. The summed E-state index contributed by atoms with van der Waals surface area (Å²) < 4.78 is 1.03. The Bertz CT molecular complexity index is 1150. The van der Waals surface area contributed by atoms with Crippen LogP contribution in [0.15, 0.2) is 59.1 Å². The van der Waals surface area contributed by atoms with Crippen LogP contribution in [0.2, 0.25) is 5.02 Å². The number of carboxylic acid groups (broad SMARTS) is 1. The van der Waals surface area contributed by atoms with Gasteiger partial charge in [-0.05, 0) is 40.2 Å². The van der Waals surface area contributed by atoms with Crippen LogP contribution in [0.25, 0.3) is 0 Å². The molecule has 0 fully saturated rings. The number of amides is 2. The van der Waals surface area contributed by atoms with Gasteiger partial charge in [0.05, 0.1) is 15.1 Å². The Balaban J connectivity index is 2.11. The van der Waals surface area contributed by atoms with Gasteiger partial charge in [0.1, 0.15) is 5.82 Å². The largest absolute Gasteiger partial charge is 0.476 e. The lowest BCUT2D eigenvalue weighted by Gasteiger charge is -2.29. The van der Waals surface area contributed by atoms with E-state index in [0.717, 1.165) is 4.68 Å². The third kappa shape index (κ3) is 4.54. The number of rotatable bonds is 7. The number of halogens is 2. The van der Waals surface area contributed by atoms with E-state index in [-0.39, 0.29) is 20.9 Å². The summed E-state index contributed by atoms with van der Waals surface area (Å²) in [5.74, 6) is -2.85. The van der Waals surface area contributed by atoms with Gasteiger partial charge in [-0.3, -0.25) is 9.59 Å². The molecule has 0 spiro atoms. The van der Waals surface area contributed by atoms with Crippen molar-refractivity contribution in [3.05, 3.63) is 75.4 Å².